The van der Waals surface area contributed by atoms with Gasteiger partial charge in [0.15, 0.2) is 5.82 Å². The highest BCUT2D eigenvalue weighted by Crippen LogP contribution is 2.27. The minimum atomic E-state index is 0.495. The number of halogens is 1. The molecule has 0 amide bonds. The molecule has 0 saturated carbocycles. The van der Waals surface area contributed by atoms with Crippen molar-refractivity contribution in [2.45, 2.75) is 13.8 Å². The third-order valence-electron chi connectivity index (χ3n) is 2.24. The lowest BCUT2D eigenvalue weighted by atomic mass is 10.1. The number of nitrogens with zero attached hydrogens (tertiary/aromatic N) is 2. The van der Waals surface area contributed by atoms with Crippen molar-refractivity contribution in [1.29, 1.82) is 0 Å². The van der Waals surface area contributed by atoms with Gasteiger partial charge in [-0.2, -0.15) is 0 Å². The molecule has 0 spiro atoms. The minimum Gasteiger partial charge on any atom is -0.384 e. The van der Waals surface area contributed by atoms with Crippen molar-refractivity contribution in [2.24, 2.45) is 0 Å². The van der Waals surface area contributed by atoms with Crippen molar-refractivity contribution < 1.29 is 0 Å². The number of nitrogen functional groups attached to an aromatic ring is 1. The Labute approximate surface area is 103 Å². The summed E-state index contributed by atoms with van der Waals surface area (Å²) in [6, 6.07) is 7.82. The molecule has 1 aromatic carbocycles. The average Bonchev–Trinajstić information content (AvgIpc) is 2.15. The van der Waals surface area contributed by atoms with Crippen molar-refractivity contribution >= 4 is 21.7 Å². The Balaban J connectivity index is 2.58. The molecule has 16 heavy (non-hydrogen) atoms. The maximum Gasteiger partial charge on any atom is 0.162 e. The number of anilines is 1. The monoisotopic (exact) mass is 277 g/mol. The Morgan fingerprint density at radius 2 is 1.88 bits per heavy atom. The molecule has 82 valence electrons. The van der Waals surface area contributed by atoms with Crippen LogP contribution in [0, 0.1) is 13.8 Å². The summed E-state index contributed by atoms with van der Waals surface area (Å²) in [6.45, 7) is 3.95. The average molecular weight is 278 g/mol. The van der Waals surface area contributed by atoms with E-state index >= 15 is 0 Å². The van der Waals surface area contributed by atoms with Crippen LogP contribution < -0.4 is 5.73 Å². The topological polar surface area (TPSA) is 51.8 Å². The normalized spacial score (nSPS) is 10.4. The van der Waals surface area contributed by atoms with Gasteiger partial charge in [-0.15, -0.1) is 0 Å². The second kappa shape index (κ2) is 4.22. The van der Waals surface area contributed by atoms with Gasteiger partial charge < -0.3 is 5.73 Å². The third kappa shape index (κ3) is 2.22. The highest BCUT2D eigenvalue weighted by molar-refractivity contribution is 9.10. The Morgan fingerprint density at radius 3 is 2.50 bits per heavy atom. The predicted molar refractivity (Wildman–Crippen MR) is 69.1 cm³/mol. The van der Waals surface area contributed by atoms with Gasteiger partial charge in [-0.1, -0.05) is 22.0 Å². The minimum absolute atomic E-state index is 0.495. The summed E-state index contributed by atoms with van der Waals surface area (Å²) in [5.41, 5.74) is 8.73. The molecule has 0 saturated heterocycles. The van der Waals surface area contributed by atoms with Crippen molar-refractivity contribution in [3.8, 4) is 11.4 Å². The van der Waals surface area contributed by atoms with Gasteiger partial charge in [-0.05, 0) is 31.5 Å². The summed E-state index contributed by atoms with van der Waals surface area (Å²) in [7, 11) is 0. The molecule has 2 N–H and O–H groups in total. The van der Waals surface area contributed by atoms with E-state index < -0.39 is 0 Å². The van der Waals surface area contributed by atoms with Gasteiger partial charge in [0, 0.05) is 21.8 Å². The molecule has 0 unspecified atom stereocenters. The second-order valence-electron chi connectivity index (χ2n) is 3.74. The molecule has 0 aliphatic heterocycles. The fourth-order valence-electron chi connectivity index (χ4n) is 1.51. The van der Waals surface area contributed by atoms with Gasteiger partial charge in [0.05, 0.1) is 0 Å². The molecule has 0 radical (unpaired) electrons. The molecule has 0 bridgehead atoms. The van der Waals surface area contributed by atoms with E-state index in [9.17, 15) is 0 Å². The highest BCUT2D eigenvalue weighted by atomic mass is 79.9. The number of rotatable bonds is 1. The first-order chi connectivity index (χ1) is 7.56. The number of aryl methyl sites for hydroxylation is 2. The molecular weight excluding hydrogens is 266 g/mol. The van der Waals surface area contributed by atoms with Crippen LogP contribution in [0.2, 0.25) is 0 Å². The molecule has 3 nitrogen and oxygen atoms in total. The molecule has 0 fully saturated rings. The summed E-state index contributed by atoms with van der Waals surface area (Å²) in [6.07, 6.45) is 0. The first-order valence-corrected chi connectivity index (χ1v) is 5.73. The van der Waals surface area contributed by atoms with E-state index in [0.29, 0.717) is 11.6 Å². The number of hydrogen-bond donors (Lipinski definition) is 1. The Hall–Kier alpha value is -1.42. The molecule has 2 rings (SSSR count). The maximum atomic E-state index is 5.71. The van der Waals surface area contributed by atoms with Gasteiger partial charge >= 0.3 is 0 Å². The van der Waals surface area contributed by atoms with Crippen LogP contribution in [0.5, 0.6) is 0 Å². The van der Waals surface area contributed by atoms with Crippen molar-refractivity contribution in [2.75, 3.05) is 5.73 Å². The fourth-order valence-corrected chi connectivity index (χ4v) is 2.19. The summed E-state index contributed by atoms with van der Waals surface area (Å²) in [5.74, 6) is 1.15. The fraction of sp³-hybridized carbons (Fsp3) is 0.167. The molecule has 0 aliphatic rings. The molecule has 0 atom stereocenters. The van der Waals surface area contributed by atoms with Crippen LogP contribution >= 0.6 is 15.9 Å². The van der Waals surface area contributed by atoms with Crippen LogP contribution in [0.3, 0.4) is 0 Å². The van der Waals surface area contributed by atoms with Crippen LogP contribution in [-0.4, -0.2) is 9.97 Å². The van der Waals surface area contributed by atoms with Gasteiger partial charge in [0.25, 0.3) is 0 Å². The second-order valence-corrected chi connectivity index (χ2v) is 4.60. The van der Waals surface area contributed by atoms with Gasteiger partial charge in [0.2, 0.25) is 0 Å². The van der Waals surface area contributed by atoms with Crippen LogP contribution in [0.15, 0.2) is 28.7 Å². The lowest BCUT2D eigenvalue weighted by Gasteiger charge is -2.06. The largest absolute Gasteiger partial charge is 0.384 e. The Bertz CT molecular complexity index is 518. The first kappa shape index (κ1) is 11.1. The predicted octanol–water partition coefficient (Wildman–Crippen LogP) is 3.11. The molecule has 1 heterocycles. The lowest BCUT2D eigenvalue weighted by Crippen LogP contribution is -1.98. The van der Waals surface area contributed by atoms with Gasteiger partial charge in [-0.25, -0.2) is 9.97 Å². The van der Waals surface area contributed by atoms with Crippen LogP contribution in [0.4, 0.5) is 5.82 Å². The summed E-state index contributed by atoms with van der Waals surface area (Å²) < 4.78 is 0.984. The number of aromatic nitrogens is 2. The highest BCUT2D eigenvalue weighted by Gasteiger charge is 2.07. The molecular formula is C12H12BrN3. The number of benzene rings is 1. The van der Waals surface area contributed by atoms with E-state index in [1.54, 1.807) is 6.07 Å². The van der Waals surface area contributed by atoms with E-state index in [2.05, 4.69) is 25.9 Å². The van der Waals surface area contributed by atoms with Crippen molar-refractivity contribution in [1.82, 2.24) is 9.97 Å². The van der Waals surface area contributed by atoms with Crippen LogP contribution in [0.25, 0.3) is 11.4 Å². The number of hydrogen-bond acceptors (Lipinski definition) is 3. The Kier molecular flexibility index (Phi) is 2.92. The summed E-state index contributed by atoms with van der Waals surface area (Å²) in [4.78, 5) is 8.61. The van der Waals surface area contributed by atoms with Crippen LogP contribution in [-0.2, 0) is 0 Å². The van der Waals surface area contributed by atoms with Crippen LogP contribution in [0.1, 0.15) is 11.3 Å². The summed E-state index contributed by atoms with van der Waals surface area (Å²) >= 11 is 3.51. The number of nitrogens with two attached hydrogens (primary N) is 1. The molecule has 4 heteroatoms. The molecule has 2 aromatic rings. The maximum absolute atomic E-state index is 5.71. The van der Waals surface area contributed by atoms with Crippen molar-refractivity contribution in [3.05, 3.63) is 40.0 Å². The SMILES string of the molecule is Cc1ccc(-c2nc(C)cc(N)n2)c(Br)c1. The van der Waals surface area contributed by atoms with Gasteiger partial charge in [-0.3, -0.25) is 0 Å². The quantitative estimate of drug-likeness (QED) is 0.872. The molecule has 0 aliphatic carbocycles. The zero-order chi connectivity index (χ0) is 11.7. The summed E-state index contributed by atoms with van der Waals surface area (Å²) in [5, 5.41) is 0. The third-order valence-corrected chi connectivity index (χ3v) is 2.90. The van der Waals surface area contributed by atoms with Crippen molar-refractivity contribution in [3.63, 3.8) is 0 Å². The standard InChI is InChI=1S/C12H12BrN3/c1-7-3-4-9(10(13)5-7)12-15-8(2)6-11(14)16-12/h3-6H,1-2H3,(H2,14,15,16). The zero-order valence-corrected chi connectivity index (χ0v) is 10.7. The zero-order valence-electron chi connectivity index (χ0n) is 9.16. The van der Waals surface area contributed by atoms with E-state index in [1.165, 1.54) is 5.56 Å². The smallest absolute Gasteiger partial charge is 0.162 e. The van der Waals surface area contributed by atoms with Gasteiger partial charge in [0.1, 0.15) is 5.82 Å². The van der Waals surface area contributed by atoms with E-state index in [-0.39, 0.29) is 0 Å². The molecule has 1 aromatic heterocycles. The first-order valence-electron chi connectivity index (χ1n) is 4.94. The lowest BCUT2D eigenvalue weighted by molar-refractivity contribution is 1.12. The Morgan fingerprint density at radius 1 is 1.12 bits per heavy atom. The van der Waals surface area contributed by atoms with E-state index in [4.69, 9.17) is 5.73 Å². The van der Waals surface area contributed by atoms with E-state index in [0.717, 1.165) is 15.7 Å². The van der Waals surface area contributed by atoms with E-state index in [1.807, 2.05) is 32.0 Å².